The third kappa shape index (κ3) is 2.85. The molecule has 0 atom stereocenters. The van der Waals surface area contributed by atoms with Gasteiger partial charge in [-0.25, -0.2) is 4.57 Å². The van der Waals surface area contributed by atoms with E-state index in [1.54, 1.807) is 6.07 Å². The van der Waals surface area contributed by atoms with Gasteiger partial charge in [0.15, 0.2) is 6.20 Å². The zero-order valence-corrected chi connectivity index (χ0v) is 18.3. The van der Waals surface area contributed by atoms with Crippen LogP contribution in [0.15, 0.2) is 48.7 Å². The molecule has 0 amide bonds. The molecule has 2 heterocycles. The summed E-state index contributed by atoms with van der Waals surface area (Å²) in [5, 5.41) is 5.66. The maximum absolute atomic E-state index is 8.84. The number of rotatable bonds is 1. The number of hydrogen-bond donors (Lipinski definition) is 0. The molecule has 0 aliphatic carbocycles. The highest BCUT2D eigenvalue weighted by molar-refractivity contribution is 7.19. The highest BCUT2D eigenvalue weighted by Crippen LogP contribution is 2.42. The van der Waals surface area contributed by atoms with Gasteiger partial charge < -0.3 is 0 Å². The lowest BCUT2D eigenvalue weighted by atomic mass is 9.90. The zero-order chi connectivity index (χ0) is 24.8. The van der Waals surface area contributed by atoms with E-state index < -0.39 is 18.6 Å². The Bertz CT molecular complexity index is 1620. The van der Waals surface area contributed by atoms with Crippen LogP contribution in [0.1, 0.15) is 43.6 Å². The van der Waals surface area contributed by atoms with Crippen LogP contribution in [0.5, 0.6) is 0 Å². The van der Waals surface area contributed by atoms with Gasteiger partial charge in [0.1, 0.15) is 7.05 Å². The molecule has 0 unspecified atom stereocenters. The van der Waals surface area contributed by atoms with Gasteiger partial charge in [0, 0.05) is 33.3 Å². The van der Waals surface area contributed by atoms with Crippen LogP contribution in [0.2, 0.25) is 0 Å². The fraction of sp³-hybridized carbons (Fsp3) is 0.296. The van der Waals surface area contributed by atoms with Gasteiger partial charge in [-0.2, -0.15) is 0 Å². The third-order valence-corrected chi connectivity index (χ3v) is 6.59. The summed E-state index contributed by atoms with van der Waals surface area (Å²) in [7, 11) is 1.96. The molecule has 0 spiro atoms. The van der Waals surface area contributed by atoms with Crippen molar-refractivity contribution >= 4 is 53.9 Å². The van der Waals surface area contributed by atoms with Crippen LogP contribution < -0.4 is 4.57 Å². The van der Waals surface area contributed by atoms with Crippen LogP contribution in [-0.4, -0.2) is 0 Å². The van der Waals surface area contributed by atoms with E-state index in [4.69, 9.17) is 6.85 Å². The molecule has 3 aromatic carbocycles. The first-order valence-electron chi connectivity index (χ1n) is 12.4. The van der Waals surface area contributed by atoms with E-state index in [0.29, 0.717) is 10.4 Å². The Morgan fingerprint density at radius 3 is 2.52 bits per heavy atom. The maximum atomic E-state index is 8.84. The Morgan fingerprint density at radius 1 is 0.966 bits per heavy atom. The van der Waals surface area contributed by atoms with Gasteiger partial charge in [0.25, 0.3) is 0 Å². The summed E-state index contributed by atoms with van der Waals surface area (Å²) in [6.07, 6.45) is 0.308. The zero-order valence-electron chi connectivity index (χ0n) is 22.5. The molecule has 0 N–H and O–H groups in total. The molecule has 1 nitrogen and oxygen atoms in total. The van der Waals surface area contributed by atoms with Crippen molar-refractivity contribution in [1.29, 1.82) is 0 Å². The van der Waals surface area contributed by atoms with Gasteiger partial charge >= 0.3 is 0 Å². The van der Waals surface area contributed by atoms with E-state index in [0.717, 1.165) is 48.1 Å². The maximum Gasteiger partial charge on any atom is 0.221 e. The predicted molar refractivity (Wildman–Crippen MR) is 128 cm³/mol. The molecule has 2 heteroatoms. The Hall–Kier alpha value is -2.45. The molecule has 0 aliphatic rings. The molecule has 146 valence electrons. The lowest BCUT2D eigenvalue weighted by molar-refractivity contribution is -0.644. The fourth-order valence-corrected chi connectivity index (χ4v) is 5.62. The number of benzene rings is 3. The molecular weight excluding hydrogens is 370 g/mol. The average Bonchev–Trinajstić information content (AvgIpc) is 3.17. The Labute approximate surface area is 183 Å². The van der Waals surface area contributed by atoms with Crippen molar-refractivity contribution in [3.05, 3.63) is 64.7 Å². The molecule has 0 bridgehead atoms. The second-order valence-electron chi connectivity index (χ2n) is 8.95. The van der Waals surface area contributed by atoms with Gasteiger partial charge in [-0.15, -0.1) is 11.3 Å². The van der Waals surface area contributed by atoms with Crippen LogP contribution in [0.3, 0.4) is 0 Å². The Balaban J connectivity index is 2.11. The van der Waals surface area contributed by atoms with Crippen molar-refractivity contribution in [2.75, 3.05) is 0 Å². The Kier molecular flexibility index (Phi) is 2.97. The number of aromatic nitrogens is 1. The van der Waals surface area contributed by atoms with Crippen LogP contribution in [0.25, 0.3) is 42.5 Å². The smallest absolute Gasteiger partial charge is 0.200 e. The summed E-state index contributed by atoms with van der Waals surface area (Å²) in [5.41, 5.74) is 1.74. The van der Waals surface area contributed by atoms with Gasteiger partial charge in [-0.3, -0.25) is 0 Å². The fourth-order valence-electron chi connectivity index (χ4n) is 4.45. The van der Waals surface area contributed by atoms with E-state index in [1.165, 1.54) is 11.3 Å². The lowest BCUT2D eigenvalue weighted by Gasteiger charge is -2.16. The summed E-state index contributed by atoms with van der Waals surface area (Å²) in [5.74, 6) is 0. The summed E-state index contributed by atoms with van der Waals surface area (Å²) in [6.45, 7) is 5.52. The lowest BCUT2D eigenvalue weighted by Crippen LogP contribution is -2.28. The number of pyridine rings is 1. The van der Waals surface area contributed by atoms with Gasteiger partial charge in [0.05, 0.1) is 10.8 Å². The average molecular weight is 404 g/mol. The van der Waals surface area contributed by atoms with E-state index in [-0.39, 0.29) is 0 Å². The van der Waals surface area contributed by atoms with Crippen molar-refractivity contribution in [2.24, 2.45) is 12.5 Å². The number of aryl methyl sites for hydroxylation is 3. The van der Waals surface area contributed by atoms with Crippen LogP contribution in [0.4, 0.5) is 0 Å². The van der Waals surface area contributed by atoms with Crippen molar-refractivity contribution in [2.45, 2.75) is 40.9 Å². The molecule has 0 saturated heterocycles. The largest absolute Gasteiger partial charge is 0.221 e. The SMILES string of the molecule is [2H]C([2H])([2H])c1cc[n+](C)c2c3c(C)cccc3c3ccc4sc(C([2H])([2H])C(C)(C)C)cc4c3c12. The summed E-state index contributed by atoms with van der Waals surface area (Å²) in [4.78, 5) is 0.663. The standard InChI is InChI=1S/C27H28NS/c1-16-8-7-9-19-20-10-11-22-21(14-18(29-22)15-27(3,4)5)25(20)24-17(2)12-13-28(6)26(24)23(16)19/h7-14H,15H2,1-6H3/q+1/i2D3,15D2. The van der Waals surface area contributed by atoms with Crippen LogP contribution in [-0.2, 0) is 13.4 Å². The normalized spacial score (nSPS) is 16.1. The van der Waals surface area contributed by atoms with Gasteiger partial charge in [-0.1, -0.05) is 45.0 Å². The van der Waals surface area contributed by atoms with Crippen molar-refractivity contribution in [1.82, 2.24) is 0 Å². The van der Waals surface area contributed by atoms with Crippen LogP contribution in [0, 0.1) is 19.2 Å². The third-order valence-electron chi connectivity index (χ3n) is 5.57. The number of fused-ring (bicyclic) bond motifs is 8. The first kappa shape index (κ1) is 13.7. The predicted octanol–water partition coefficient (Wildman–Crippen LogP) is 7.39. The second kappa shape index (κ2) is 6.27. The molecule has 29 heavy (non-hydrogen) atoms. The first-order chi connectivity index (χ1) is 15.7. The number of hydrogen-bond acceptors (Lipinski definition) is 1. The van der Waals surface area contributed by atoms with E-state index in [9.17, 15) is 0 Å². The summed E-state index contributed by atoms with van der Waals surface area (Å²) < 4.78 is 45.6. The number of thiophene rings is 1. The highest BCUT2D eigenvalue weighted by Gasteiger charge is 2.21. The minimum absolute atomic E-state index is 0.329. The first-order valence-corrected chi connectivity index (χ1v) is 10.8. The van der Waals surface area contributed by atoms with Crippen molar-refractivity contribution < 1.29 is 11.4 Å². The molecule has 0 radical (unpaired) electrons. The molecule has 5 aromatic rings. The van der Waals surface area contributed by atoms with Crippen molar-refractivity contribution in [3.8, 4) is 0 Å². The molecule has 2 aromatic heterocycles. The monoisotopic (exact) mass is 403 g/mol. The molecule has 0 saturated carbocycles. The minimum Gasteiger partial charge on any atom is -0.200 e. The van der Waals surface area contributed by atoms with Crippen molar-refractivity contribution in [3.63, 3.8) is 0 Å². The molecule has 0 aliphatic heterocycles. The quantitative estimate of drug-likeness (QED) is 0.203. The van der Waals surface area contributed by atoms with Crippen LogP contribution >= 0.6 is 11.3 Å². The van der Waals surface area contributed by atoms with E-state index in [1.807, 2.05) is 50.7 Å². The topological polar surface area (TPSA) is 3.88 Å². The second-order valence-corrected chi connectivity index (χ2v) is 10.0. The summed E-state index contributed by atoms with van der Waals surface area (Å²) >= 11 is 1.46. The Morgan fingerprint density at radius 2 is 1.76 bits per heavy atom. The van der Waals surface area contributed by atoms with Gasteiger partial charge in [0.2, 0.25) is 5.52 Å². The number of nitrogens with zero attached hydrogens (tertiary/aromatic N) is 1. The molecule has 5 rings (SSSR count). The van der Waals surface area contributed by atoms with E-state index in [2.05, 4.69) is 31.2 Å². The van der Waals surface area contributed by atoms with E-state index >= 15 is 0 Å². The van der Waals surface area contributed by atoms with Gasteiger partial charge in [-0.05, 0) is 59.6 Å². The minimum atomic E-state index is -2.28. The molecular formula is C27H28NS+. The molecule has 0 fully saturated rings. The highest BCUT2D eigenvalue weighted by atomic mass is 32.1. The summed E-state index contributed by atoms with van der Waals surface area (Å²) in [6, 6.07) is 14.0.